The number of nitrogens with zero attached hydrogens (tertiary/aromatic N) is 4. The summed E-state index contributed by atoms with van der Waals surface area (Å²) in [6.45, 7) is 1.89. The summed E-state index contributed by atoms with van der Waals surface area (Å²) in [7, 11) is 0. The summed E-state index contributed by atoms with van der Waals surface area (Å²) < 4.78 is 0. The van der Waals surface area contributed by atoms with Crippen LogP contribution in [0, 0.1) is 79.8 Å². The Labute approximate surface area is 111 Å². The predicted molar refractivity (Wildman–Crippen MR) is 64.2 cm³/mol. The molecule has 90 valence electrons. The highest BCUT2D eigenvalue weighted by Gasteiger charge is 2.74. The number of nitriles is 4. The van der Waals surface area contributed by atoms with E-state index in [1.807, 2.05) is 43.4 Å². The molecule has 1 fully saturated rings. The lowest BCUT2D eigenvalue weighted by Gasteiger charge is -2.29. The van der Waals surface area contributed by atoms with Crippen molar-refractivity contribution in [3.05, 3.63) is 23.8 Å². The summed E-state index contributed by atoms with van der Waals surface area (Å²) >= 11 is 0. The van der Waals surface area contributed by atoms with E-state index in [0.29, 0.717) is 0 Å². The Morgan fingerprint density at radius 1 is 0.947 bits per heavy atom. The maximum Gasteiger partial charge on any atom is 0.182 e. The average molecular weight is 246 g/mol. The molecular weight excluding hydrogens is 236 g/mol. The second-order valence-corrected chi connectivity index (χ2v) is 5.52. The molecule has 0 heterocycles. The maximum absolute atomic E-state index is 9.58. The first-order chi connectivity index (χ1) is 9.11. The Hall–Kier alpha value is -2.56. The minimum absolute atomic E-state index is 0.0126. The van der Waals surface area contributed by atoms with E-state index in [4.69, 9.17) is 0 Å². The first-order valence-corrected chi connectivity index (χ1v) is 6.13. The third-order valence-corrected chi connectivity index (χ3v) is 5.02. The minimum Gasteiger partial charge on any atom is -0.196 e. The van der Waals surface area contributed by atoms with Crippen LogP contribution < -0.4 is 0 Å². The molecule has 4 nitrogen and oxygen atoms in total. The monoisotopic (exact) mass is 246 g/mol. The topological polar surface area (TPSA) is 95.2 Å². The standard InChI is InChI=1S/C15H10N4/c1-9-4-10-2-3-11-12(10)13(9)15(7-18,8-19)14(11,5-16)6-17/h2-4,10-13H,1H3/t10-,11-,12-,13-/m1/s1. The average Bonchev–Trinajstić information content (AvgIpc) is 3.03. The van der Waals surface area contributed by atoms with Gasteiger partial charge in [0.05, 0.1) is 24.3 Å². The van der Waals surface area contributed by atoms with Crippen LogP contribution in [0.3, 0.4) is 0 Å². The maximum atomic E-state index is 9.58. The van der Waals surface area contributed by atoms with E-state index in [0.717, 1.165) is 5.57 Å². The Morgan fingerprint density at radius 2 is 1.53 bits per heavy atom. The van der Waals surface area contributed by atoms with Crippen molar-refractivity contribution in [2.45, 2.75) is 6.92 Å². The van der Waals surface area contributed by atoms with Crippen LogP contribution in [0.25, 0.3) is 0 Å². The van der Waals surface area contributed by atoms with E-state index < -0.39 is 10.8 Å². The fourth-order valence-electron chi connectivity index (χ4n) is 4.31. The molecule has 0 saturated heterocycles. The van der Waals surface area contributed by atoms with E-state index in [-0.39, 0.29) is 23.7 Å². The van der Waals surface area contributed by atoms with Crippen molar-refractivity contribution >= 4 is 0 Å². The van der Waals surface area contributed by atoms with E-state index in [1.54, 1.807) is 0 Å². The number of hydrogen-bond acceptors (Lipinski definition) is 4. The summed E-state index contributed by atoms with van der Waals surface area (Å²) in [5.74, 6) is -0.476. The van der Waals surface area contributed by atoms with E-state index in [1.165, 1.54) is 0 Å². The molecule has 3 rings (SSSR count). The highest BCUT2D eigenvalue weighted by atomic mass is 14.7. The van der Waals surface area contributed by atoms with Gasteiger partial charge in [0.25, 0.3) is 0 Å². The van der Waals surface area contributed by atoms with Gasteiger partial charge in [-0.15, -0.1) is 0 Å². The van der Waals surface area contributed by atoms with Gasteiger partial charge in [0.15, 0.2) is 10.8 Å². The van der Waals surface area contributed by atoms with Crippen molar-refractivity contribution in [1.82, 2.24) is 0 Å². The molecule has 0 bridgehead atoms. The molecule has 3 aliphatic carbocycles. The molecule has 0 radical (unpaired) electrons. The van der Waals surface area contributed by atoms with E-state index >= 15 is 0 Å². The van der Waals surface area contributed by atoms with Crippen LogP contribution in [0.4, 0.5) is 0 Å². The Bertz CT molecular complexity index is 658. The Kier molecular flexibility index (Phi) is 1.98. The third kappa shape index (κ3) is 0.907. The van der Waals surface area contributed by atoms with Gasteiger partial charge < -0.3 is 0 Å². The van der Waals surface area contributed by atoms with Gasteiger partial charge in [0.2, 0.25) is 0 Å². The van der Waals surface area contributed by atoms with Crippen LogP contribution in [0.15, 0.2) is 23.8 Å². The van der Waals surface area contributed by atoms with Crippen molar-refractivity contribution in [1.29, 1.82) is 21.0 Å². The zero-order chi connectivity index (χ0) is 13.8. The van der Waals surface area contributed by atoms with Crippen LogP contribution in [-0.4, -0.2) is 0 Å². The van der Waals surface area contributed by atoms with Crippen LogP contribution in [-0.2, 0) is 0 Å². The van der Waals surface area contributed by atoms with Gasteiger partial charge in [0.1, 0.15) is 0 Å². The second-order valence-electron chi connectivity index (χ2n) is 5.52. The Balaban J connectivity index is 2.36. The Morgan fingerprint density at radius 3 is 2.05 bits per heavy atom. The van der Waals surface area contributed by atoms with Gasteiger partial charge in [-0.1, -0.05) is 23.8 Å². The van der Waals surface area contributed by atoms with Crippen molar-refractivity contribution in [2.24, 2.45) is 34.5 Å². The molecule has 0 amide bonds. The SMILES string of the molecule is CC1=C[C@H]2C=C[C@@H]3[C@@H]2[C@@H]1C(C#N)(C#N)C3(C#N)C#N. The molecule has 0 aromatic carbocycles. The normalized spacial score (nSPS) is 38.5. The van der Waals surface area contributed by atoms with E-state index in [9.17, 15) is 21.0 Å². The van der Waals surface area contributed by atoms with Gasteiger partial charge in [-0.2, -0.15) is 21.0 Å². The molecule has 0 aromatic rings. The number of allylic oxidation sites excluding steroid dienone is 4. The van der Waals surface area contributed by atoms with Crippen LogP contribution in [0.5, 0.6) is 0 Å². The van der Waals surface area contributed by atoms with Crippen LogP contribution in [0.2, 0.25) is 0 Å². The molecule has 1 saturated carbocycles. The summed E-state index contributed by atoms with van der Waals surface area (Å²) in [6.07, 6.45) is 5.92. The molecule has 19 heavy (non-hydrogen) atoms. The smallest absolute Gasteiger partial charge is 0.182 e. The van der Waals surface area contributed by atoms with Crippen molar-refractivity contribution in [3.8, 4) is 24.3 Å². The molecule has 0 aromatic heterocycles. The summed E-state index contributed by atoms with van der Waals surface area (Å²) in [6, 6.07) is 8.08. The molecule has 4 heteroatoms. The van der Waals surface area contributed by atoms with Gasteiger partial charge in [-0.05, 0) is 18.8 Å². The first-order valence-electron chi connectivity index (χ1n) is 6.13. The van der Waals surface area contributed by atoms with Crippen molar-refractivity contribution in [3.63, 3.8) is 0 Å². The zero-order valence-corrected chi connectivity index (χ0v) is 10.3. The molecule has 0 unspecified atom stereocenters. The lowest BCUT2D eigenvalue weighted by Crippen LogP contribution is -2.40. The highest BCUT2D eigenvalue weighted by Crippen LogP contribution is 2.69. The fourth-order valence-corrected chi connectivity index (χ4v) is 4.31. The molecule has 4 atom stereocenters. The van der Waals surface area contributed by atoms with Crippen molar-refractivity contribution < 1.29 is 0 Å². The van der Waals surface area contributed by atoms with Gasteiger partial charge >= 0.3 is 0 Å². The molecule has 3 aliphatic rings. The van der Waals surface area contributed by atoms with Gasteiger partial charge in [-0.25, -0.2) is 0 Å². The van der Waals surface area contributed by atoms with Gasteiger partial charge in [-0.3, -0.25) is 0 Å². The molecular formula is C15H10N4. The summed E-state index contributed by atoms with van der Waals surface area (Å²) in [4.78, 5) is 0. The highest BCUT2D eigenvalue weighted by molar-refractivity contribution is 5.50. The second kappa shape index (κ2) is 3.26. The third-order valence-electron chi connectivity index (χ3n) is 5.02. The predicted octanol–water partition coefficient (Wildman–Crippen LogP) is 2.06. The summed E-state index contributed by atoms with van der Waals surface area (Å²) in [5.41, 5.74) is -2.17. The van der Waals surface area contributed by atoms with Crippen molar-refractivity contribution in [2.75, 3.05) is 0 Å². The van der Waals surface area contributed by atoms with Crippen LogP contribution >= 0.6 is 0 Å². The van der Waals surface area contributed by atoms with Gasteiger partial charge in [0, 0.05) is 11.8 Å². The first kappa shape index (κ1) is 11.5. The largest absolute Gasteiger partial charge is 0.196 e. The number of rotatable bonds is 0. The minimum atomic E-state index is -1.56. The fraction of sp³-hybridized carbons (Fsp3) is 0.467. The van der Waals surface area contributed by atoms with E-state index in [2.05, 4.69) is 6.08 Å². The number of hydrogen-bond donors (Lipinski definition) is 0. The quantitative estimate of drug-likeness (QED) is 0.611. The summed E-state index contributed by atoms with van der Waals surface area (Å²) in [5, 5.41) is 38.3. The molecule has 0 aliphatic heterocycles. The molecule has 0 spiro atoms. The lowest BCUT2D eigenvalue weighted by atomic mass is 9.62. The van der Waals surface area contributed by atoms with Crippen LogP contribution in [0.1, 0.15) is 6.92 Å². The lowest BCUT2D eigenvalue weighted by molar-refractivity contribution is 0.284. The molecule has 0 N–H and O–H groups in total. The zero-order valence-electron chi connectivity index (χ0n) is 10.3.